The molecule has 0 atom stereocenters. The average Bonchev–Trinajstić information content (AvgIpc) is 3.20. The molecule has 50 heavy (non-hydrogen) atoms. The fourth-order valence-corrected chi connectivity index (χ4v) is 7.42. The highest BCUT2D eigenvalue weighted by Gasteiger charge is 2.14. The fourth-order valence-electron chi connectivity index (χ4n) is 7.42. The van der Waals surface area contributed by atoms with E-state index in [2.05, 4.69) is 143 Å². The van der Waals surface area contributed by atoms with Crippen molar-refractivity contribution >= 4 is 54.0 Å². The van der Waals surface area contributed by atoms with E-state index in [1.54, 1.807) is 0 Å². The molecule has 0 saturated heterocycles. The highest BCUT2D eigenvalue weighted by atomic mass is 14.7. The molecule has 0 saturated carbocycles. The van der Waals surface area contributed by atoms with Gasteiger partial charge in [0.2, 0.25) is 0 Å². The van der Waals surface area contributed by atoms with Gasteiger partial charge in [-0.3, -0.25) is 19.9 Å². The number of benzene rings is 6. The summed E-state index contributed by atoms with van der Waals surface area (Å²) in [6, 6.07) is 49.7. The lowest BCUT2D eigenvalue weighted by molar-refractivity contribution is 1.33. The number of nitrogens with zero attached hydrogens (tertiary/aromatic N) is 4. The Labute approximate surface area is 288 Å². The second-order valence-corrected chi connectivity index (χ2v) is 12.7. The number of pyridine rings is 4. The summed E-state index contributed by atoms with van der Waals surface area (Å²) in [7, 11) is 0. The number of aromatic nitrogens is 4. The second kappa shape index (κ2) is 11.4. The zero-order chi connectivity index (χ0) is 33.0. The van der Waals surface area contributed by atoms with Gasteiger partial charge < -0.3 is 0 Å². The van der Waals surface area contributed by atoms with Gasteiger partial charge in [-0.15, -0.1) is 0 Å². The predicted octanol–water partition coefficient (Wildman–Crippen LogP) is 11.7. The molecule has 0 unspecified atom stereocenters. The van der Waals surface area contributed by atoms with Crippen LogP contribution in [0.5, 0.6) is 0 Å². The smallest absolute Gasteiger partial charge is 0.0708 e. The maximum absolute atomic E-state index is 4.83. The molecule has 0 aliphatic heterocycles. The molecule has 0 amide bonds. The maximum Gasteiger partial charge on any atom is 0.0708 e. The van der Waals surface area contributed by atoms with Crippen LogP contribution in [0.25, 0.3) is 98.8 Å². The molecule has 4 heterocycles. The summed E-state index contributed by atoms with van der Waals surface area (Å²) in [6.45, 7) is 0. The molecule has 0 aliphatic rings. The van der Waals surface area contributed by atoms with E-state index in [-0.39, 0.29) is 0 Å². The Morgan fingerprint density at radius 1 is 0.320 bits per heavy atom. The summed E-state index contributed by atoms with van der Waals surface area (Å²) in [5.74, 6) is 0. The van der Waals surface area contributed by atoms with E-state index in [9.17, 15) is 0 Å². The van der Waals surface area contributed by atoms with Crippen LogP contribution in [0.15, 0.2) is 171 Å². The van der Waals surface area contributed by atoms with Crippen molar-refractivity contribution in [3.63, 3.8) is 0 Å². The third kappa shape index (κ3) is 4.69. The topological polar surface area (TPSA) is 51.6 Å². The summed E-state index contributed by atoms with van der Waals surface area (Å²) in [5.41, 5.74) is 9.64. The first-order valence-corrected chi connectivity index (χ1v) is 16.8. The van der Waals surface area contributed by atoms with Crippen molar-refractivity contribution in [1.82, 2.24) is 19.9 Å². The highest BCUT2D eigenvalue weighted by molar-refractivity contribution is 6.26. The van der Waals surface area contributed by atoms with Crippen molar-refractivity contribution < 1.29 is 0 Å². The van der Waals surface area contributed by atoms with Crippen molar-refractivity contribution in [2.24, 2.45) is 0 Å². The van der Waals surface area contributed by atoms with E-state index in [1.807, 2.05) is 37.1 Å². The van der Waals surface area contributed by atoms with Gasteiger partial charge in [0.05, 0.1) is 16.9 Å². The average molecular weight is 637 g/mol. The normalized spacial score (nSPS) is 11.6. The minimum atomic E-state index is 0.943. The molecule has 0 bridgehead atoms. The lowest BCUT2D eigenvalue weighted by Gasteiger charge is -2.14. The minimum absolute atomic E-state index is 0.943. The van der Waals surface area contributed by atoms with Gasteiger partial charge in [-0.25, -0.2) is 0 Å². The van der Waals surface area contributed by atoms with Crippen LogP contribution in [0.1, 0.15) is 0 Å². The summed E-state index contributed by atoms with van der Waals surface area (Å²) < 4.78 is 0. The van der Waals surface area contributed by atoms with Gasteiger partial charge in [-0.05, 0) is 121 Å². The summed E-state index contributed by atoms with van der Waals surface area (Å²) in [6.07, 6.45) is 9.40. The number of hydrogen-bond donors (Lipinski definition) is 0. The highest BCUT2D eigenvalue weighted by Crippen LogP contribution is 2.39. The SMILES string of the molecule is c1cc(-c2ccnc(-c3ccc4c5ccc(-c6cc(-c7ccc8cnccc8c7)ccn6)cc5c5ccccc5c4c3)c2)c2cccnc2c1. The van der Waals surface area contributed by atoms with E-state index < -0.39 is 0 Å². The maximum atomic E-state index is 4.83. The van der Waals surface area contributed by atoms with Crippen molar-refractivity contribution in [1.29, 1.82) is 0 Å². The number of fused-ring (bicyclic) bond motifs is 8. The standard InChI is InChI=1S/C46H28N4/c1-2-6-38-37(5-1)42-24-33(45-26-31(17-21-49-45)29-10-11-35-28-47-20-16-30(35)23-29)12-14-39(42)40-15-13-34(25-43(38)40)46-27-32(18-22-50-46)36-7-3-9-44-41(36)8-4-19-48-44/h1-28H. The van der Waals surface area contributed by atoms with Gasteiger partial charge in [0.1, 0.15) is 0 Å². The van der Waals surface area contributed by atoms with Crippen molar-refractivity contribution in [2.75, 3.05) is 0 Å². The quantitative estimate of drug-likeness (QED) is 0.180. The van der Waals surface area contributed by atoms with E-state index in [0.717, 1.165) is 61.1 Å². The molecule has 6 aromatic carbocycles. The molecule has 0 fully saturated rings. The second-order valence-electron chi connectivity index (χ2n) is 12.7. The van der Waals surface area contributed by atoms with Gasteiger partial charge in [0.25, 0.3) is 0 Å². The summed E-state index contributed by atoms with van der Waals surface area (Å²) in [4.78, 5) is 18.5. The van der Waals surface area contributed by atoms with E-state index >= 15 is 0 Å². The molecule has 0 aliphatic carbocycles. The first-order chi connectivity index (χ1) is 24.8. The first kappa shape index (κ1) is 28.3. The van der Waals surface area contributed by atoms with E-state index in [0.29, 0.717) is 0 Å². The molecule has 0 radical (unpaired) electrons. The summed E-state index contributed by atoms with van der Waals surface area (Å²) in [5, 5.41) is 10.8. The molecule has 0 spiro atoms. The minimum Gasteiger partial charge on any atom is -0.264 e. The monoisotopic (exact) mass is 636 g/mol. The van der Waals surface area contributed by atoms with Crippen LogP contribution in [0, 0.1) is 0 Å². The lowest BCUT2D eigenvalue weighted by atomic mass is 9.91. The lowest BCUT2D eigenvalue weighted by Crippen LogP contribution is -1.90. The van der Waals surface area contributed by atoms with Gasteiger partial charge in [-0.1, -0.05) is 78.9 Å². The zero-order valence-electron chi connectivity index (χ0n) is 27.0. The molecular formula is C46H28N4. The predicted molar refractivity (Wildman–Crippen MR) is 207 cm³/mol. The van der Waals surface area contributed by atoms with Crippen molar-refractivity contribution in [2.45, 2.75) is 0 Å². The molecule has 4 nitrogen and oxygen atoms in total. The van der Waals surface area contributed by atoms with Gasteiger partial charge >= 0.3 is 0 Å². The zero-order valence-corrected chi connectivity index (χ0v) is 27.0. The Morgan fingerprint density at radius 2 is 0.960 bits per heavy atom. The molecule has 10 aromatic rings. The summed E-state index contributed by atoms with van der Waals surface area (Å²) >= 11 is 0. The third-order valence-corrected chi connectivity index (χ3v) is 9.88. The van der Waals surface area contributed by atoms with Crippen LogP contribution in [-0.2, 0) is 0 Å². The first-order valence-electron chi connectivity index (χ1n) is 16.8. The van der Waals surface area contributed by atoms with Crippen LogP contribution in [0.2, 0.25) is 0 Å². The molecule has 4 heteroatoms. The van der Waals surface area contributed by atoms with Gasteiger partial charge in [0, 0.05) is 52.9 Å². The Kier molecular flexibility index (Phi) is 6.46. The fraction of sp³-hybridized carbons (Fsp3) is 0. The largest absolute Gasteiger partial charge is 0.264 e. The molecule has 0 N–H and O–H groups in total. The van der Waals surface area contributed by atoms with Crippen LogP contribution in [-0.4, -0.2) is 19.9 Å². The third-order valence-electron chi connectivity index (χ3n) is 9.88. The molecule has 232 valence electrons. The number of rotatable bonds is 4. The van der Waals surface area contributed by atoms with Crippen LogP contribution in [0.3, 0.4) is 0 Å². The van der Waals surface area contributed by atoms with Crippen LogP contribution in [0.4, 0.5) is 0 Å². The van der Waals surface area contributed by atoms with E-state index in [4.69, 9.17) is 9.97 Å². The Morgan fingerprint density at radius 3 is 1.72 bits per heavy atom. The Balaban J connectivity index is 1.09. The van der Waals surface area contributed by atoms with Crippen LogP contribution < -0.4 is 0 Å². The van der Waals surface area contributed by atoms with Crippen LogP contribution >= 0.6 is 0 Å². The molecule has 10 rings (SSSR count). The van der Waals surface area contributed by atoms with Crippen molar-refractivity contribution in [3.05, 3.63) is 171 Å². The van der Waals surface area contributed by atoms with Gasteiger partial charge in [-0.2, -0.15) is 0 Å². The molecule has 4 aromatic heterocycles. The molecular weight excluding hydrogens is 609 g/mol. The van der Waals surface area contributed by atoms with Gasteiger partial charge in [0.15, 0.2) is 0 Å². The Hall–Kier alpha value is -6.78. The number of hydrogen-bond acceptors (Lipinski definition) is 4. The van der Waals surface area contributed by atoms with Crippen molar-refractivity contribution in [3.8, 4) is 44.8 Å². The Bertz CT molecular complexity index is 2920. The van der Waals surface area contributed by atoms with E-state index in [1.165, 1.54) is 37.7 Å².